The highest BCUT2D eigenvalue weighted by Gasteiger charge is 2.07. The van der Waals surface area contributed by atoms with Crippen LogP contribution in [0.2, 0.25) is 0 Å². The second-order valence-electron chi connectivity index (χ2n) is 4.45. The van der Waals surface area contributed by atoms with Crippen LogP contribution in [-0.4, -0.2) is 22.6 Å². The van der Waals surface area contributed by atoms with Gasteiger partial charge in [-0.2, -0.15) is 0 Å². The molecule has 0 aliphatic carbocycles. The van der Waals surface area contributed by atoms with Crippen LogP contribution in [0.4, 0.5) is 5.82 Å². The van der Waals surface area contributed by atoms with Gasteiger partial charge >= 0.3 is 5.97 Å². The Labute approximate surface area is 108 Å². The molecule has 0 saturated heterocycles. The number of rotatable bonds is 6. The first-order chi connectivity index (χ1) is 8.52. The second kappa shape index (κ2) is 6.79. The summed E-state index contributed by atoms with van der Waals surface area (Å²) < 4.78 is 0. The Hall–Kier alpha value is -1.84. The van der Waals surface area contributed by atoms with E-state index in [2.05, 4.69) is 10.3 Å². The maximum Gasteiger partial charge on any atom is 0.335 e. The van der Waals surface area contributed by atoms with E-state index in [1.54, 1.807) is 12.1 Å². The fraction of sp³-hybridized carbons (Fsp3) is 0.429. The minimum atomic E-state index is -0.917. The molecule has 0 fully saturated rings. The molecule has 1 aromatic heterocycles. The van der Waals surface area contributed by atoms with Gasteiger partial charge in [-0.1, -0.05) is 25.0 Å². The number of nitrogens with one attached hydrogen (secondary N) is 1. The number of hydrogen-bond donors (Lipinski definition) is 2. The zero-order valence-electron chi connectivity index (χ0n) is 11.2. The molecule has 0 unspecified atom stereocenters. The van der Waals surface area contributed by atoms with E-state index >= 15 is 0 Å². The van der Waals surface area contributed by atoms with E-state index in [0.29, 0.717) is 12.4 Å². The van der Waals surface area contributed by atoms with Gasteiger partial charge in [0.1, 0.15) is 5.82 Å². The summed E-state index contributed by atoms with van der Waals surface area (Å²) in [5.74, 6) is -0.295. The Kier molecular flexibility index (Phi) is 5.36. The third kappa shape index (κ3) is 4.57. The van der Waals surface area contributed by atoms with Crippen molar-refractivity contribution < 1.29 is 9.90 Å². The van der Waals surface area contributed by atoms with Gasteiger partial charge in [0.15, 0.2) is 0 Å². The van der Waals surface area contributed by atoms with E-state index < -0.39 is 5.97 Å². The molecule has 1 rings (SSSR count). The standard InChI is InChI=1S/C14H20N2O2/c1-4-5-12-8-11(14(17)18)9-13(16-12)15-7-6-10(2)3/h6,8-9H,4-5,7H2,1-3H3,(H,15,16)(H,17,18). The Morgan fingerprint density at radius 1 is 1.44 bits per heavy atom. The highest BCUT2D eigenvalue weighted by molar-refractivity contribution is 5.88. The van der Waals surface area contributed by atoms with Gasteiger partial charge in [-0.3, -0.25) is 0 Å². The van der Waals surface area contributed by atoms with Crippen molar-refractivity contribution in [3.05, 3.63) is 35.0 Å². The molecule has 0 aliphatic heterocycles. The molecular weight excluding hydrogens is 228 g/mol. The van der Waals surface area contributed by atoms with Crippen LogP contribution in [0.25, 0.3) is 0 Å². The number of carbonyl (C=O) groups is 1. The smallest absolute Gasteiger partial charge is 0.335 e. The molecule has 0 atom stereocenters. The molecule has 0 bridgehead atoms. The topological polar surface area (TPSA) is 62.2 Å². The molecule has 0 amide bonds. The summed E-state index contributed by atoms with van der Waals surface area (Å²) in [5.41, 5.74) is 2.32. The molecule has 98 valence electrons. The summed E-state index contributed by atoms with van der Waals surface area (Å²) in [7, 11) is 0. The maximum absolute atomic E-state index is 11.0. The van der Waals surface area contributed by atoms with Crippen LogP contribution in [-0.2, 0) is 6.42 Å². The van der Waals surface area contributed by atoms with Gasteiger partial charge in [-0.15, -0.1) is 0 Å². The van der Waals surface area contributed by atoms with Crippen molar-refractivity contribution in [3.8, 4) is 0 Å². The monoisotopic (exact) mass is 248 g/mol. The molecule has 0 spiro atoms. The molecule has 4 nitrogen and oxygen atoms in total. The minimum Gasteiger partial charge on any atom is -0.478 e. The van der Waals surface area contributed by atoms with Crippen LogP contribution in [0.1, 0.15) is 43.2 Å². The van der Waals surface area contributed by atoms with Gasteiger partial charge in [0.25, 0.3) is 0 Å². The zero-order chi connectivity index (χ0) is 13.5. The average molecular weight is 248 g/mol. The molecule has 0 saturated carbocycles. The first-order valence-electron chi connectivity index (χ1n) is 6.14. The molecule has 0 aliphatic rings. The first kappa shape index (κ1) is 14.2. The van der Waals surface area contributed by atoms with Crippen LogP contribution in [0.15, 0.2) is 23.8 Å². The number of aryl methyl sites for hydroxylation is 1. The van der Waals surface area contributed by atoms with Crippen LogP contribution in [0, 0.1) is 0 Å². The minimum absolute atomic E-state index is 0.285. The number of aromatic nitrogens is 1. The van der Waals surface area contributed by atoms with E-state index in [9.17, 15) is 4.79 Å². The summed E-state index contributed by atoms with van der Waals surface area (Å²) in [4.78, 5) is 15.4. The van der Waals surface area contributed by atoms with Crippen LogP contribution >= 0.6 is 0 Å². The van der Waals surface area contributed by atoms with E-state index in [1.807, 2.05) is 26.8 Å². The highest BCUT2D eigenvalue weighted by Crippen LogP contribution is 2.12. The molecule has 0 radical (unpaired) electrons. The number of carboxylic acids is 1. The molecule has 2 N–H and O–H groups in total. The normalized spacial score (nSPS) is 9.94. The number of carboxylic acid groups (broad SMARTS) is 1. The van der Waals surface area contributed by atoms with Gasteiger partial charge in [0, 0.05) is 12.2 Å². The van der Waals surface area contributed by atoms with Crippen LogP contribution in [0.5, 0.6) is 0 Å². The zero-order valence-corrected chi connectivity index (χ0v) is 11.2. The van der Waals surface area contributed by atoms with Gasteiger partial charge < -0.3 is 10.4 Å². The fourth-order valence-corrected chi connectivity index (χ4v) is 1.55. The summed E-state index contributed by atoms with van der Waals surface area (Å²) in [6.07, 6.45) is 3.77. The second-order valence-corrected chi connectivity index (χ2v) is 4.45. The number of anilines is 1. The molecule has 1 aromatic rings. The Morgan fingerprint density at radius 2 is 2.17 bits per heavy atom. The molecule has 18 heavy (non-hydrogen) atoms. The van der Waals surface area contributed by atoms with Crippen molar-refractivity contribution >= 4 is 11.8 Å². The van der Waals surface area contributed by atoms with Gasteiger partial charge in [0.05, 0.1) is 5.56 Å². The van der Waals surface area contributed by atoms with Gasteiger partial charge in [0.2, 0.25) is 0 Å². The third-order valence-electron chi connectivity index (χ3n) is 2.42. The SMILES string of the molecule is CCCc1cc(C(=O)O)cc(NCC=C(C)C)n1. The Balaban J connectivity index is 2.88. The summed E-state index contributed by atoms with van der Waals surface area (Å²) >= 11 is 0. The highest BCUT2D eigenvalue weighted by atomic mass is 16.4. The lowest BCUT2D eigenvalue weighted by Crippen LogP contribution is -2.06. The third-order valence-corrected chi connectivity index (χ3v) is 2.42. The lowest BCUT2D eigenvalue weighted by Gasteiger charge is -2.07. The summed E-state index contributed by atoms with van der Waals surface area (Å²) in [5, 5.41) is 12.2. The van der Waals surface area contributed by atoms with Crippen LogP contribution in [0.3, 0.4) is 0 Å². The number of pyridine rings is 1. The van der Waals surface area contributed by atoms with Crippen molar-refractivity contribution in [1.82, 2.24) is 4.98 Å². The first-order valence-corrected chi connectivity index (χ1v) is 6.14. The fourth-order valence-electron chi connectivity index (χ4n) is 1.55. The van der Waals surface area contributed by atoms with Crippen molar-refractivity contribution in [3.63, 3.8) is 0 Å². The Bertz CT molecular complexity index is 449. The number of aromatic carboxylic acids is 1. The quantitative estimate of drug-likeness (QED) is 0.759. The van der Waals surface area contributed by atoms with E-state index in [4.69, 9.17) is 5.11 Å². The predicted octanol–water partition coefficient (Wildman–Crippen LogP) is 3.11. The average Bonchev–Trinajstić information content (AvgIpc) is 2.28. The number of hydrogen-bond acceptors (Lipinski definition) is 3. The molecular formula is C14H20N2O2. The lowest BCUT2D eigenvalue weighted by molar-refractivity contribution is 0.0696. The van der Waals surface area contributed by atoms with Crippen molar-refractivity contribution in [2.75, 3.05) is 11.9 Å². The molecule has 4 heteroatoms. The maximum atomic E-state index is 11.0. The predicted molar refractivity (Wildman–Crippen MR) is 73.1 cm³/mol. The largest absolute Gasteiger partial charge is 0.478 e. The molecule has 1 heterocycles. The van der Waals surface area contributed by atoms with Gasteiger partial charge in [-0.25, -0.2) is 9.78 Å². The molecule has 0 aromatic carbocycles. The van der Waals surface area contributed by atoms with E-state index in [0.717, 1.165) is 18.5 Å². The summed E-state index contributed by atoms with van der Waals surface area (Å²) in [6.45, 7) is 6.74. The van der Waals surface area contributed by atoms with E-state index in [1.165, 1.54) is 5.57 Å². The summed E-state index contributed by atoms with van der Waals surface area (Å²) in [6, 6.07) is 3.21. The van der Waals surface area contributed by atoms with Crippen molar-refractivity contribution in [1.29, 1.82) is 0 Å². The van der Waals surface area contributed by atoms with E-state index in [-0.39, 0.29) is 5.56 Å². The lowest BCUT2D eigenvalue weighted by atomic mass is 10.1. The number of allylic oxidation sites excluding steroid dienone is 1. The van der Waals surface area contributed by atoms with Crippen molar-refractivity contribution in [2.45, 2.75) is 33.6 Å². The van der Waals surface area contributed by atoms with Crippen molar-refractivity contribution in [2.24, 2.45) is 0 Å². The Morgan fingerprint density at radius 3 is 2.72 bits per heavy atom. The van der Waals surface area contributed by atoms with Crippen LogP contribution < -0.4 is 5.32 Å². The van der Waals surface area contributed by atoms with Gasteiger partial charge in [-0.05, 0) is 32.4 Å². The number of nitrogens with zero attached hydrogens (tertiary/aromatic N) is 1.